The molecule has 0 saturated heterocycles. The molecule has 0 radical (unpaired) electrons. The Morgan fingerprint density at radius 3 is 2.56 bits per heavy atom. The van der Waals surface area contributed by atoms with E-state index >= 15 is 0 Å². The Morgan fingerprint density at radius 1 is 1.67 bits per heavy atom. The summed E-state index contributed by atoms with van der Waals surface area (Å²) in [6, 6.07) is 0. The van der Waals surface area contributed by atoms with Gasteiger partial charge in [0.1, 0.15) is 0 Å². The van der Waals surface area contributed by atoms with E-state index in [4.69, 9.17) is 0 Å². The summed E-state index contributed by atoms with van der Waals surface area (Å²) >= 11 is 1.49. The molecule has 0 bridgehead atoms. The van der Waals surface area contributed by atoms with Crippen LogP contribution in [0.15, 0.2) is 0 Å². The summed E-state index contributed by atoms with van der Waals surface area (Å²) in [5.41, 5.74) is 0. The fourth-order valence-corrected chi connectivity index (χ4v) is 0.575. The van der Waals surface area contributed by atoms with Gasteiger partial charge in [0.05, 0.1) is 18.0 Å². The molecule has 1 atom stereocenters. The second kappa shape index (κ2) is 9.42. The molecular weight excluding hydrogens is 171 g/mol. The monoisotopic (exact) mass is 178 g/mol. The summed E-state index contributed by atoms with van der Waals surface area (Å²) in [7, 11) is 0. The van der Waals surface area contributed by atoms with Crippen molar-refractivity contribution in [3.05, 3.63) is 0 Å². The second-order valence-corrected chi connectivity index (χ2v) is 2.19. The third-order valence-corrected chi connectivity index (χ3v) is 1.16. The molecule has 0 N–H and O–H groups in total. The molecule has 1 unspecified atom stereocenters. The van der Waals surface area contributed by atoms with Gasteiger partial charge in [0, 0.05) is 0 Å². The van der Waals surface area contributed by atoms with Gasteiger partial charge in [-0.25, -0.2) is 4.21 Å². The molecule has 0 aliphatic rings. The summed E-state index contributed by atoms with van der Waals surface area (Å²) in [6.45, 7) is 0.236. The Labute approximate surface area is 84.7 Å². The smallest absolute Gasteiger partial charge is 0.750 e. The predicted octanol–water partition coefficient (Wildman–Crippen LogP) is -2.88. The molecule has 3 nitrogen and oxygen atoms in total. The second-order valence-electron chi connectivity index (χ2n) is 1.10. The van der Waals surface area contributed by atoms with Gasteiger partial charge in [-0.2, -0.15) is 12.6 Å². The van der Waals surface area contributed by atoms with Crippen LogP contribution in [0.1, 0.15) is 6.42 Å². The minimum Gasteiger partial charge on any atom is -0.750 e. The van der Waals surface area contributed by atoms with Gasteiger partial charge in [-0.1, -0.05) is 0 Å². The van der Waals surface area contributed by atoms with Crippen LogP contribution in [-0.2, 0) is 15.5 Å². The van der Waals surface area contributed by atoms with Crippen molar-refractivity contribution in [1.82, 2.24) is 0 Å². The normalized spacial score (nSPS) is 12.2. The van der Waals surface area contributed by atoms with Gasteiger partial charge in [0.15, 0.2) is 0 Å². The minimum absolute atomic E-state index is 0. The van der Waals surface area contributed by atoms with Gasteiger partial charge in [-0.05, 0) is 12.2 Å². The number of rotatable bonds is 4. The fourth-order valence-electron chi connectivity index (χ4n) is 0.192. The summed E-state index contributed by atoms with van der Waals surface area (Å²) in [5.74, 6) is 0.650. The van der Waals surface area contributed by atoms with E-state index in [1.807, 2.05) is 0 Å². The molecule has 0 rings (SSSR count). The van der Waals surface area contributed by atoms with E-state index in [1.54, 1.807) is 0 Å². The van der Waals surface area contributed by atoms with Crippen LogP contribution in [0.25, 0.3) is 0 Å². The van der Waals surface area contributed by atoms with Crippen molar-refractivity contribution in [3.63, 3.8) is 0 Å². The average Bonchev–Trinajstić information content (AvgIpc) is 1.66. The summed E-state index contributed by atoms with van der Waals surface area (Å²) in [6.07, 6.45) is 0.664. The number of thiol groups is 1. The molecule has 50 valence electrons. The van der Waals surface area contributed by atoms with E-state index in [-0.39, 0.29) is 36.2 Å². The fraction of sp³-hybridized carbons (Fsp3) is 1.00. The first-order chi connectivity index (χ1) is 3.77. The Morgan fingerprint density at radius 2 is 2.22 bits per heavy atom. The quantitative estimate of drug-likeness (QED) is 0.218. The Hall–Kier alpha value is 1.42. The van der Waals surface area contributed by atoms with Crippen molar-refractivity contribution < 1.29 is 42.5 Å². The standard InChI is InChI=1S/C3H8O3S2.Na/c4-8(5)6-2-1-3-7;/h7H,1-3H2,(H,4,5);/q;+1/p-1. The van der Waals surface area contributed by atoms with Gasteiger partial charge in [-0.15, -0.1) is 0 Å². The first-order valence-corrected chi connectivity index (χ1v) is 3.74. The van der Waals surface area contributed by atoms with Gasteiger partial charge in [0.25, 0.3) is 0 Å². The third kappa shape index (κ3) is 12.6. The van der Waals surface area contributed by atoms with E-state index in [1.165, 1.54) is 0 Å². The van der Waals surface area contributed by atoms with Crippen LogP contribution in [0.3, 0.4) is 0 Å². The maximum Gasteiger partial charge on any atom is 1.00 e. The summed E-state index contributed by atoms with van der Waals surface area (Å²) in [5, 5.41) is 0. The largest absolute Gasteiger partial charge is 1.00 e. The molecule has 0 saturated carbocycles. The average molecular weight is 178 g/mol. The van der Waals surface area contributed by atoms with Gasteiger partial charge in [-0.3, -0.25) is 0 Å². The zero-order valence-corrected chi connectivity index (χ0v) is 8.91. The van der Waals surface area contributed by atoms with Crippen LogP contribution < -0.4 is 29.6 Å². The molecule has 0 aliphatic carbocycles. The summed E-state index contributed by atoms with van der Waals surface area (Å²) < 4.78 is 23.4. The van der Waals surface area contributed by atoms with Crippen molar-refractivity contribution in [2.75, 3.05) is 12.4 Å². The van der Waals surface area contributed by atoms with Crippen LogP contribution in [-0.4, -0.2) is 21.1 Å². The van der Waals surface area contributed by atoms with Crippen molar-refractivity contribution in [1.29, 1.82) is 0 Å². The van der Waals surface area contributed by atoms with E-state index < -0.39 is 11.4 Å². The molecule has 0 aliphatic heterocycles. The van der Waals surface area contributed by atoms with E-state index in [0.717, 1.165) is 0 Å². The molecule has 6 heteroatoms. The van der Waals surface area contributed by atoms with Crippen LogP contribution in [0.4, 0.5) is 0 Å². The van der Waals surface area contributed by atoms with E-state index in [2.05, 4.69) is 16.8 Å². The maximum absolute atomic E-state index is 9.63. The zero-order valence-electron chi connectivity index (χ0n) is 5.20. The molecule has 0 aromatic rings. The van der Waals surface area contributed by atoms with Crippen LogP contribution in [0, 0.1) is 0 Å². The SMILES string of the molecule is O=S([O-])OCCCS.[Na+]. The van der Waals surface area contributed by atoms with Crippen LogP contribution >= 0.6 is 12.6 Å². The Bertz CT molecular complexity index is 79.5. The molecule has 0 aromatic heterocycles. The van der Waals surface area contributed by atoms with Gasteiger partial charge >= 0.3 is 29.6 Å². The zero-order chi connectivity index (χ0) is 6.41. The molecule has 0 spiro atoms. The Balaban J connectivity index is 0. The van der Waals surface area contributed by atoms with Crippen molar-refractivity contribution >= 4 is 24.0 Å². The molecule has 0 fully saturated rings. The van der Waals surface area contributed by atoms with Crippen LogP contribution in [0.2, 0.25) is 0 Å². The minimum atomic E-state index is -2.35. The van der Waals surface area contributed by atoms with Crippen LogP contribution in [0.5, 0.6) is 0 Å². The van der Waals surface area contributed by atoms with E-state index in [0.29, 0.717) is 12.2 Å². The van der Waals surface area contributed by atoms with Crippen molar-refractivity contribution in [2.24, 2.45) is 0 Å². The maximum atomic E-state index is 9.63. The van der Waals surface area contributed by atoms with Crippen molar-refractivity contribution in [3.8, 4) is 0 Å². The van der Waals surface area contributed by atoms with E-state index in [9.17, 15) is 8.76 Å². The topological polar surface area (TPSA) is 49.4 Å². The summed E-state index contributed by atoms with van der Waals surface area (Å²) in [4.78, 5) is 0. The first-order valence-electron chi connectivity index (χ1n) is 2.10. The number of hydrogen-bond donors (Lipinski definition) is 1. The molecule has 0 aromatic carbocycles. The molecule has 0 amide bonds. The van der Waals surface area contributed by atoms with Crippen molar-refractivity contribution in [2.45, 2.75) is 6.42 Å². The molecule has 9 heavy (non-hydrogen) atoms. The Kier molecular flexibility index (Phi) is 13.7. The first kappa shape index (κ1) is 13.0. The molecule has 0 heterocycles. The molecular formula is C3H7NaO3S2. The third-order valence-electron chi connectivity index (χ3n) is 0.482. The van der Waals surface area contributed by atoms with Gasteiger partial charge < -0.3 is 8.74 Å². The van der Waals surface area contributed by atoms with Gasteiger partial charge in [0.2, 0.25) is 0 Å². The number of hydrogen-bond acceptors (Lipinski definition) is 4. The predicted molar refractivity (Wildman–Crippen MR) is 33.3 cm³/mol.